The maximum atomic E-state index is 13.0. The number of carbonyl (C=O) groups is 2. The Balaban J connectivity index is 1.96. The molecule has 1 aliphatic rings. The summed E-state index contributed by atoms with van der Waals surface area (Å²) in [5.41, 5.74) is 0.121. The molecule has 1 aromatic heterocycles. The first-order valence-corrected chi connectivity index (χ1v) is 10.4. The Labute approximate surface area is 195 Å². The second-order valence-corrected chi connectivity index (χ2v) is 8.21. The van der Waals surface area contributed by atoms with Crippen molar-refractivity contribution in [2.45, 2.75) is 6.04 Å². The van der Waals surface area contributed by atoms with Crippen LogP contribution >= 0.6 is 27.5 Å². The number of hydrogen-bond donors (Lipinski definition) is 1. The Morgan fingerprint density at radius 3 is 2.47 bits per heavy atom. The van der Waals surface area contributed by atoms with E-state index >= 15 is 0 Å². The summed E-state index contributed by atoms with van der Waals surface area (Å²) >= 11 is 9.18. The average molecular weight is 515 g/mol. The Hall–Kier alpha value is -3.56. The van der Waals surface area contributed by atoms with E-state index in [0.717, 1.165) is 4.90 Å². The van der Waals surface area contributed by atoms with E-state index in [4.69, 9.17) is 11.6 Å². The third kappa shape index (κ3) is 3.88. The van der Waals surface area contributed by atoms with Crippen LogP contribution in [-0.4, -0.2) is 26.7 Å². The highest BCUT2D eigenvalue weighted by Gasteiger charge is 2.47. The molecule has 0 unspecified atom stereocenters. The summed E-state index contributed by atoms with van der Waals surface area (Å²) < 4.78 is 0.658. The summed E-state index contributed by atoms with van der Waals surface area (Å²) in [7, 11) is 0. The molecule has 32 heavy (non-hydrogen) atoms. The fraction of sp³-hybridized carbons (Fsp3) is 0.0455. The van der Waals surface area contributed by atoms with E-state index in [-0.39, 0.29) is 28.2 Å². The molecule has 0 bridgehead atoms. The van der Waals surface area contributed by atoms with Gasteiger partial charge in [0.05, 0.1) is 16.5 Å². The van der Waals surface area contributed by atoms with Crippen molar-refractivity contribution in [1.82, 2.24) is 4.98 Å². The predicted octanol–water partition coefficient (Wildman–Crippen LogP) is 5.03. The zero-order valence-corrected chi connectivity index (χ0v) is 18.4. The van der Waals surface area contributed by atoms with Gasteiger partial charge in [0.1, 0.15) is 11.6 Å². The van der Waals surface area contributed by atoms with E-state index in [1.165, 1.54) is 54.7 Å². The lowest BCUT2D eigenvalue weighted by molar-refractivity contribution is -0.384. The molecule has 0 saturated carbocycles. The van der Waals surface area contributed by atoms with Gasteiger partial charge in [-0.25, -0.2) is 4.98 Å². The van der Waals surface area contributed by atoms with Crippen molar-refractivity contribution in [2.24, 2.45) is 0 Å². The number of carbonyl (C=O) groups excluding carboxylic acids is 2. The Morgan fingerprint density at radius 1 is 1.12 bits per heavy atom. The van der Waals surface area contributed by atoms with Crippen LogP contribution in [0, 0.1) is 10.1 Å². The van der Waals surface area contributed by atoms with E-state index in [1.807, 2.05) is 0 Å². The van der Waals surface area contributed by atoms with Crippen LogP contribution in [-0.2, 0) is 9.59 Å². The molecule has 160 valence electrons. The van der Waals surface area contributed by atoms with Crippen molar-refractivity contribution in [3.63, 3.8) is 0 Å². The Morgan fingerprint density at radius 2 is 1.84 bits per heavy atom. The number of non-ortho nitro benzene ring substituents is 1. The van der Waals surface area contributed by atoms with Gasteiger partial charge in [0.2, 0.25) is 0 Å². The highest BCUT2D eigenvalue weighted by Crippen LogP contribution is 2.42. The largest absolute Gasteiger partial charge is 0.507 e. The maximum absolute atomic E-state index is 13.0. The fourth-order valence-corrected chi connectivity index (χ4v) is 3.83. The van der Waals surface area contributed by atoms with Crippen molar-refractivity contribution in [1.29, 1.82) is 0 Å². The number of amides is 1. The van der Waals surface area contributed by atoms with Crippen molar-refractivity contribution < 1.29 is 19.6 Å². The zero-order valence-electron chi connectivity index (χ0n) is 16.1. The van der Waals surface area contributed by atoms with Gasteiger partial charge < -0.3 is 5.11 Å². The van der Waals surface area contributed by atoms with Crippen LogP contribution in [0.5, 0.6) is 0 Å². The summed E-state index contributed by atoms with van der Waals surface area (Å²) in [5.74, 6) is -2.11. The minimum absolute atomic E-state index is 0.155. The molecule has 0 spiro atoms. The SMILES string of the molecule is O=C1C(=O)N(c2ccc(Br)cn2)[C@@H](c2cccc([N+](=O)[O-])c2)/C1=C(\O)c1ccc(Cl)cc1. The van der Waals surface area contributed by atoms with Gasteiger partial charge in [-0.1, -0.05) is 23.7 Å². The molecule has 4 rings (SSSR count). The number of benzene rings is 2. The van der Waals surface area contributed by atoms with Crippen LogP contribution in [0.1, 0.15) is 17.2 Å². The molecule has 1 N–H and O–H groups in total. The molecular formula is C22H13BrClN3O5. The van der Waals surface area contributed by atoms with E-state index in [0.29, 0.717) is 9.50 Å². The Kier molecular flexibility index (Phi) is 5.77. The van der Waals surface area contributed by atoms with Gasteiger partial charge in [0, 0.05) is 33.4 Å². The molecule has 1 saturated heterocycles. The van der Waals surface area contributed by atoms with Gasteiger partial charge in [-0.05, 0) is 57.9 Å². The number of rotatable bonds is 4. The minimum Gasteiger partial charge on any atom is -0.507 e. The summed E-state index contributed by atoms with van der Waals surface area (Å²) in [6.45, 7) is 0. The molecule has 3 aromatic rings. The number of ketones is 1. The number of nitro groups is 1. The topological polar surface area (TPSA) is 114 Å². The van der Waals surface area contributed by atoms with Gasteiger partial charge >= 0.3 is 5.91 Å². The van der Waals surface area contributed by atoms with E-state index < -0.39 is 28.4 Å². The number of hydrogen-bond acceptors (Lipinski definition) is 6. The lowest BCUT2D eigenvalue weighted by Gasteiger charge is -2.24. The van der Waals surface area contributed by atoms with Crippen LogP contribution in [0.25, 0.3) is 5.76 Å². The quantitative estimate of drug-likeness (QED) is 0.172. The summed E-state index contributed by atoms with van der Waals surface area (Å²) in [6, 6.07) is 13.7. The second-order valence-electron chi connectivity index (χ2n) is 6.86. The Bertz CT molecular complexity index is 1280. The van der Waals surface area contributed by atoms with Gasteiger partial charge in [0.25, 0.3) is 11.5 Å². The number of nitrogens with zero attached hydrogens (tertiary/aromatic N) is 3. The number of aliphatic hydroxyl groups excluding tert-OH is 1. The molecule has 1 amide bonds. The molecule has 2 aromatic carbocycles. The number of Topliss-reactive ketones (excluding diaryl/α,β-unsaturated/α-hetero) is 1. The minimum atomic E-state index is -1.13. The molecule has 2 heterocycles. The van der Waals surface area contributed by atoms with E-state index in [1.54, 1.807) is 12.1 Å². The number of halogens is 2. The van der Waals surface area contributed by atoms with Gasteiger partial charge in [-0.3, -0.25) is 24.6 Å². The van der Waals surface area contributed by atoms with Crippen molar-refractivity contribution >= 4 is 56.5 Å². The van der Waals surface area contributed by atoms with Gasteiger partial charge in [-0.2, -0.15) is 0 Å². The fourth-order valence-electron chi connectivity index (χ4n) is 3.47. The molecule has 10 heteroatoms. The second kappa shape index (κ2) is 8.52. The van der Waals surface area contributed by atoms with E-state index in [9.17, 15) is 24.8 Å². The first-order chi connectivity index (χ1) is 15.3. The van der Waals surface area contributed by atoms with Crippen molar-refractivity contribution in [3.8, 4) is 0 Å². The van der Waals surface area contributed by atoms with Crippen LogP contribution < -0.4 is 4.90 Å². The molecule has 1 aliphatic heterocycles. The number of aliphatic hydroxyl groups is 1. The van der Waals surface area contributed by atoms with Gasteiger partial charge in [-0.15, -0.1) is 0 Å². The molecule has 1 atom stereocenters. The first kappa shape index (κ1) is 21.7. The standard InChI is InChI=1S/C22H13BrClN3O5/c23-14-6-9-17(25-11-14)26-19(13-2-1-3-16(10-13)27(31)32)18(21(29)22(26)30)20(28)12-4-7-15(24)8-5-12/h1-11,19,28H/b20-18+/t19-/m0/s1. The highest BCUT2D eigenvalue weighted by molar-refractivity contribution is 9.10. The number of nitro benzene ring substituents is 1. The van der Waals surface area contributed by atoms with Crippen LogP contribution in [0.3, 0.4) is 0 Å². The lowest BCUT2D eigenvalue weighted by Crippen LogP contribution is -2.30. The average Bonchev–Trinajstić information content (AvgIpc) is 3.05. The maximum Gasteiger partial charge on any atom is 0.301 e. The van der Waals surface area contributed by atoms with Crippen LogP contribution in [0.2, 0.25) is 5.02 Å². The summed E-state index contributed by atoms with van der Waals surface area (Å²) in [5, 5.41) is 22.7. The van der Waals surface area contributed by atoms with E-state index in [2.05, 4.69) is 20.9 Å². The molecule has 1 fully saturated rings. The summed E-state index contributed by atoms with van der Waals surface area (Å²) in [6.07, 6.45) is 1.46. The third-order valence-electron chi connectivity index (χ3n) is 4.92. The lowest BCUT2D eigenvalue weighted by atomic mass is 9.95. The van der Waals surface area contributed by atoms with Crippen molar-refractivity contribution in [2.75, 3.05) is 4.90 Å². The monoisotopic (exact) mass is 513 g/mol. The molecular weight excluding hydrogens is 502 g/mol. The van der Waals surface area contributed by atoms with Gasteiger partial charge in [0.15, 0.2) is 0 Å². The molecule has 0 aliphatic carbocycles. The molecule has 8 nitrogen and oxygen atoms in total. The highest BCUT2D eigenvalue weighted by atomic mass is 79.9. The first-order valence-electron chi connectivity index (χ1n) is 9.21. The summed E-state index contributed by atoms with van der Waals surface area (Å²) in [4.78, 5) is 42.1. The third-order valence-corrected chi connectivity index (χ3v) is 5.64. The molecule has 0 radical (unpaired) electrons. The van der Waals surface area contributed by atoms with Crippen molar-refractivity contribution in [3.05, 3.63) is 103 Å². The smallest absolute Gasteiger partial charge is 0.301 e. The number of anilines is 1. The number of aromatic nitrogens is 1. The zero-order chi connectivity index (χ0) is 23.0. The van der Waals surface area contributed by atoms with Crippen LogP contribution in [0.4, 0.5) is 11.5 Å². The number of pyridine rings is 1. The normalized spacial score (nSPS) is 17.6. The predicted molar refractivity (Wildman–Crippen MR) is 121 cm³/mol. The van der Waals surface area contributed by atoms with Crippen LogP contribution in [0.15, 0.2) is 76.9 Å².